The molecule has 0 bridgehead atoms. The van der Waals surface area contributed by atoms with Gasteiger partial charge in [0.1, 0.15) is 5.82 Å². The summed E-state index contributed by atoms with van der Waals surface area (Å²) in [6.07, 6.45) is 2.14. The Labute approximate surface area is 212 Å². The van der Waals surface area contributed by atoms with E-state index < -0.39 is 10.0 Å². The van der Waals surface area contributed by atoms with Crippen molar-refractivity contribution in [3.05, 3.63) is 41.2 Å². The minimum absolute atomic E-state index is 0.0109. The van der Waals surface area contributed by atoms with Crippen molar-refractivity contribution in [3.8, 4) is 0 Å². The number of ether oxygens (including phenoxy) is 1. The molecule has 12 heteroatoms. The number of benzene rings is 1. The minimum Gasteiger partial charge on any atom is -0.394 e. The number of rotatable bonds is 11. The molecule has 1 fully saturated rings. The Hall–Kier alpha value is -2.83. The zero-order valence-corrected chi connectivity index (χ0v) is 22.1. The van der Waals surface area contributed by atoms with Gasteiger partial charge < -0.3 is 20.1 Å². The van der Waals surface area contributed by atoms with Crippen LogP contribution in [-0.4, -0.2) is 84.5 Å². The first kappa shape index (κ1) is 27.8. The van der Waals surface area contributed by atoms with Gasteiger partial charge in [0.15, 0.2) is 0 Å². The summed E-state index contributed by atoms with van der Waals surface area (Å²) in [6, 6.07) is 7.19. The number of anilines is 2. The number of carbonyl (C=O) groups is 1. The lowest BCUT2D eigenvalue weighted by atomic mass is 9.96. The van der Waals surface area contributed by atoms with E-state index in [4.69, 9.17) is 4.74 Å². The number of sulfonamides is 1. The van der Waals surface area contributed by atoms with Gasteiger partial charge in [-0.2, -0.15) is 15.0 Å². The molecule has 2 aromatic rings. The second kappa shape index (κ2) is 12.4. The summed E-state index contributed by atoms with van der Waals surface area (Å²) in [5.74, 6) is 0.836. The van der Waals surface area contributed by atoms with E-state index in [0.717, 1.165) is 11.8 Å². The highest BCUT2D eigenvalue weighted by molar-refractivity contribution is 7.91. The maximum atomic E-state index is 12.7. The first-order valence-electron chi connectivity index (χ1n) is 12.1. The van der Waals surface area contributed by atoms with Crippen molar-refractivity contribution in [1.29, 1.82) is 0 Å². The van der Waals surface area contributed by atoms with E-state index in [1.807, 2.05) is 45.0 Å². The van der Waals surface area contributed by atoms with E-state index in [0.29, 0.717) is 56.5 Å². The number of nitrogens with one attached hydrogen (secondary N) is 2. The number of carbonyl (C=O) groups excluding carboxylic acids is 1. The number of hydrogen-bond acceptors (Lipinski definition) is 9. The Kier molecular flexibility index (Phi) is 9.57. The fraction of sp³-hybridized carbons (Fsp3) is 0.583. The van der Waals surface area contributed by atoms with Gasteiger partial charge in [0.25, 0.3) is 5.91 Å². The first-order valence-corrected chi connectivity index (χ1v) is 14.0. The van der Waals surface area contributed by atoms with E-state index in [1.165, 1.54) is 0 Å². The molecule has 0 radical (unpaired) electrons. The molecule has 3 N–H and O–H groups in total. The van der Waals surface area contributed by atoms with Crippen LogP contribution in [-0.2, 0) is 21.2 Å². The normalized spacial score (nSPS) is 16.0. The minimum atomic E-state index is -3.59. The highest BCUT2D eigenvalue weighted by Crippen LogP contribution is 2.22. The summed E-state index contributed by atoms with van der Waals surface area (Å²) in [7, 11) is -3.59. The predicted molar refractivity (Wildman–Crippen MR) is 138 cm³/mol. The van der Waals surface area contributed by atoms with Gasteiger partial charge in [-0.1, -0.05) is 32.9 Å². The lowest BCUT2D eigenvalue weighted by Crippen LogP contribution is -2.40. The molecule has 2 atom stereocenters. The van der Waals surface area contributed by atoms with E-state index in [2.05, 4.69) is 25.0 Å². The second-order valence-electron chi connectivity index (χ2n) is 9.56. The lowest BCUT2D eigenvalue weighted by molar-refractivity contribution is 0.0303. The van der Waals surface area contributed by atoms with E-state index in [1.54, 1.807) is 4.90 Å². The van der Waals surface area contributed by atoms with Gasteiger partial charge in [-0.3, -0.25) is 9.52 Å². The molecule has 0 saturated carbocycles. The van der Waals surface area contributed by atoms with Crippen molar-refractivity contribution in [2.24, 2.45) is 5.92 Å². The van der Waals surface area contributed by atoms with Crippen molar-refractivity contribution in [1.82, 2.24) is 19.9 Å². The molecular weight excluding hydrogens is 484 g/mol. The third kappa shape index (κ3) is 8.38. The average molecular weight is 521 g/mol. The third-order valence-corrected chi connectivity index (χ3v) is 6.34. The summed E-state index contributed by atoms with van der Waals surface area (Å²) >= 11 is 0. The summed E-state index contributed by atoms with van der Waals surface area (Å²) in [5.41, 5.74) is 1.62. The first-order chi connectivity index (χ1) is 17.0. The number of aliphatic hydroxyl groups is 1. The Morgan fingerprint density at radius 3 is 2.31 bits per heavy atom. The van der Waals surface area contributed by atoms with Crippen molar-refractivity contribution < 1.29 is 23.1 Å². The van der Waals surface area contributed by atoms with Crippen molar-refractivity contribution in [2.75, 3.05) is 49.2 Å². The van der Waals surface area contributed by atoms with E-state index >= 15 is 0 Å². The summed E-state index contributed by atoms with van der Waals surface area (Å²) < 4.78 is 31.2. The van der Waals surface area contributed by atoms with Crippen LogP contribution >= 0.6 is 0 Å². The topological polar surface area (TPSA) is 147 Å². The quantitative estimate of drug-likeness (QED) is 0.404. The Morgan fingerprint density at radius 2 is 1.72 bits per heavy atom. The molecule has 198 valence electrons. The van der Waals surface area contributed by atoms with Crippen LogP contribution in [0.3, 0.4) is 0 Å². The smallest absolute Gasteiger partial charge is 0.254 e. The summed E-state index contributed by atoms with van der Waals surface area (Å²) in [4.78, 5) is 27.5. The number of aromatic nitrogens is 3. The third-order valence-electron chi connectivity index (χ3n) is 5.78. The molecule has 0 spiro atoms. The Bertz CT molecular complexity index is 1120. The van der Waals surface area contributed by atoms with Crippen LogP contribution in [0.5, 0.6) is 0 Å². The van der Waals surface area contributed by atoms with Gasteiger partial charge in [0.2, 0.25) is 21.9 Å². The van der Waals surface area contributed by atoms with E-state index in [9.17, 15) is 18.3 Å². The molecule has 1 unspecified atom stereocenters. The van der Waals surface area contributed by atoms with Crippen LogP contribution in [0, 0.1) is 5.92 Å². The molecular formula is C24H36N6O5S. The van der Waals surface area contributed by atoms with Crippen LogP contribution in [0.15, 0.2) is 24.3 Å². The number of amides is 1. The molecule has 36 heavy (non-hydrogen) atoms. The maximum Gasteiger partial charge on any atom is 0.254 e. The zero-order valence-electron chi connectivity index (χ0n) is 21.3. The number of aliphatic hydroxyl groups excluding tert-OH is 1. The molecule has 3 rings (SSSR count). The van der Waals surface area contributed by atoms with Gasteiger partial charge >= 0.3 is 0 Å². The number of morpholine rings is 1. The average Bonchev–Trinajstić information content (AvgIpc) is 2.82. The van der Waals surface area contributed by atoms with Crippen LogP contribution in [0.4, 0.5) is 11.9 Å². The van der Waals surface area contributed by atoms with E-state index in [-0.39, 0.29) is 36.4 Å². The van der Waals surface area contributed by atoms with Crippen LogP contribution in [0.1, 0.15) is 54.9 Å². The highest BCUT2D eigenvalue weighted by Gasteiger charge is 2.20. The van der Waals surface area contributed by atoms with Gasteiger partial charge in [0.05, 0.1) is 32.1 Å². The van der Waals surface area contributed by atoms with Crippen molar-refractivity contribution in [2.45, 2.75) is 45.6 Å². The monoisotopic (exact) mass is 520 g/mol. The Balaban J connectivity index is 1.76. The van der Waals surface area contributed by atoms with Crippen LogP contribution < -0.4 is 10.0 Å². The van der Waals surface area contributed by atoms with Crippen LogP contribution in [0.25, 0.3) is 0 Å². The molecule has 11 nitrogen and oxygen atoms in total. The van der Waals surface area contributed by atoms with Crippen molar-refractivity contribution in [3.63, 3.8) is 0 Å². The molecule has 1 aliphatic heterocycles. The summed E-state index contributed by atoms with van der Waals surface area (Å²) in [6.45, 7) is 8.26. The van der Waals surface area contributed by atoms with Crippen LogP contribution in [0.2, 0.25) is 0 Å². The fourth-order valence-corrected chi connectivity index (χ4v) is 4.44. The zero-order chi connectivity index (χ0) is 26.3. The fourth-order valence-electron chi connectivity index (χ4n) is 4.01. The molecule has 1 aromatic carbocycles. The van der Waals surface area contributed by atoms with Crippen molar-refractivity contribution >= 4 is 27.8 Å². The number of nitrogens with zero attached hydrogens (tertiary/aromatic N) is 4. The standard InChI is InChI=1S/C24H36N6O5S/c1-16(2)13-20(15-31)25-23-26-21(27-24(28-23)29-36(4,33)34)14-17(3)18-5-7-19(8-6-18)22(32)30-9-11-35-12-10-30/h5-8,16-17,20,31H,9-15H2,1-4H3,(H2,25,26,27,28,29)/t17?,20-/m1/s1. The lowest BCUT2D eigenvalue weighted by Gasteiger charge is -2.27. The van der Waals surface area contributed by atoms with Gasteiger partial charge in [-0.25, -0.2) is 8.42 Å². The molecule has 1 aromatic heterocycles. The summed E-state index contributed by atoms with van der Waals surface area (Å²) in [5, 5.41) is 12.8. The molecule has 1 saturated heterocycles. The number of hydrogen-bond donors (Lipinski definition) is 3. The molecule has 1 aliphatic rings. The van der Waals surface area contributed by atoms with Gasteiger partial charge in [-0.15, -0.1) is 0 Å². The van der Waals surface area contributed by atoms with Gasteiger partial charge in [-0.05, 0) is 36.0 Å². The predicted octanol–water partition coefficient (Wildman–Crippen LogP) is 1.88. The second-order valence-corrected chi connectivity index (χ2v) is 11.3. The molecule has 2 heterocycles. The van der Waals surface area contributed by atoms with Gasteiger partial charge in [0, 0.05) is 25.1 Å². The SMILES string of the molecule is CC(C)C[C@H](CO)Nc1nc(CC(C)c2ccc(C(=O)N3CCOCC3)cc2)nc(NS(C)(=O)=O)n1. The molecule has 1 amide bonds. The Morgan fingerprint density at radius 1 is 1.08 bits per heavy atom. The largest absolute Gasteiger partial charge is 0.394 e. The maximum absolute atomic E-state index is 12.7. The highest BCUT2D eigenvalue weighted by atomic mass is 32.2. The molecule has 0 aliphatic carbocycles.